The maximum atomic E-state index is 9.70. The summed E-state index contributed by atoms with van der Waals surface area (Å²) in [6.07, 6.45) is 8.93. The normalized spacial score (nSPS) is 25.1. The molecule has 0 bridgehead atoms. The third-order valence-electron chi connectivity index (χ3n) is 8.22. The largest absolute Gasteiger partial charge is 0.494 e. The average Bonchev–Trinajstić information content (AvgIpc) is 3.34. The van der Waals surface area contributed by atoms with Gasteiger partial charge in [0.2, 0.25) is 0 Å². The number of hydrogen-bond donors (Lipinski definition) is 2. The lowest BCUT2D eigenvalue weighted by molar-refractivity contribution is 0.0670. The third kappa shape index (κ3) is 6.11. The van der Waals surface area contributed by atoms with Crippen molar-refractivity contribution in [2.45, 2.75) is 51.6 Å². The van der Waals surface area contributed by atoms with Gasteiger partial charge in [-0.25, -0.2) is 0 Å². The number of ether oxygens (including phenoxy) is 1. The molecule has 3 atom stereocenters. The topological polar surface area (TPSA) is 44.7 Å². The molecule has 5 rings (SSSR count). The molecule has 2 unspecified atom stereocenters. The summed E-state index contributed by atoms with van der Waals surface area (Å²) in [4.78, 5) is 2.55. The molecule has 2 aromatic rings. The summed E-state index contributed by atoms with van der Waals surface area (Å²) in [6, 6.07) is 19.9. The maximum absolute atomic E-state index is 9.70. The van der Waals surface area contributed by atoms with E-state index >= 15 is 0 Å². The summed E-state index contributed by atoms with van der Waals surface area (Å²) in [5, 5.41) is 13.1. The van der Waals surface area contributed by atoms with Crippen molar-refractivity contribution in [1.29, 1.82) is 0 Å². The molecule has 4 heteroatoms. The molecule has 192 valence electrons. The lowest BCUT2D eigenvalue weighted by Crippen LogP contribution is -2.43. The van der Waals surface area contributed by atoms with Crippen molar-refractivity contribution in [3.8, 4) is 0 Å². The predicted octanol–water partition coefficient (Wildman–Crippen LogP) is 5.67. The van der Waals surface area contributed by atoms with Gasteiger partial charge >= 0.3 is 0 Å². The van der Waals surface area contributed by atoms with Gasteiger partial charge in [0, 0.05) is 51.7 Å². The van der Waals surface area contributed by atoms with Gasteiger partial charge in [0.05, 0.1) is 5.76 Å². The number of rotatable bonds is 9. The Morgan fingerprint density at radius 2 is 1.78 bits per heavy atom. The van der Waals surface area contributed by atoms with Crippen molar-refractivity contribution >= 4 is 11.1 Å². The molecule has 2 aliphatic heterocycles. The van der Waals surface area contributed by atoms with Crippen molar-refractivity contribution in [3.63, 3.8) is 0 Å². The van der Waals surface area contributed by atoms with Crippen LogP contribution in [-0.4, -0.2) is 55.4 Å². The monoisotopic (exact) mass is 486 g/mol. The lowest BCUT2D eigenvalue weighted by Gasteiger charge is -2.34. The van der Waals surface area contributed by atoms with Gasteiger partial charge in [-0.3, -0.25) is 0 Å². The summed E-state index contributed by atoms with van der Waals surface area (Å²) in [5.41, 5.74) is 6.80. The van der Waals surface area contributed by atoms with Gasteiger partial charge < -0.3 is 20.1 Å². The van der Waals surface area contributed by atoms with Crippen LogP contribution in [-0.2, 0) is 4.74 Å². The van der Waals surface area contributed by atoms with Crippen LogP contribution in [0.25, 0.3) is 11.1 Å². The molecule has 2 fully saturated rings. The van der Waals surface area contributed by atoms with Crippen LogP contribution in [0, 0.1) is 18.8 Å². The summed E-state index contributed by atoms with van der Waals surface area (Å²) < 4.78 is 6.49. The molecule has 4 nitrogen and oxygen atoms in total. The highest BCUT2D eigenvalue weighted by Crippen LogP contribution is 2.46. The van der Waals surface area contributed by atoms with E-state index in [0.29, 0.717) is 17.9 Å². The highest BCUT2D eigenvalue weighted by atomic mass is 16.5. The molecule has 3 aliphatic rings. The first-order chi connectivity index (χ1) is 17.7. The van der Waals surface area contributed by atoms with E-state index < -0.39 is 0 Å². The zero-order valence-corrected chi connectivity index (χ0v) is 21.8. The molecule has 2 aromatic carbocycles. The Hall–Kier alpha value is -2.40. The van der Waals surface area contributed by atoms with Crippen molar-refractivity contribution < 1.29 is 9.84 Å². The van der Waals surface area contributed by atoms with Gasteiger partial charge in [-0.15, -0.1) is 0 Å². The van der Waals surface area contributed by atoms with Crippen LogP contribution >= 0.6 is 0 Å². The fraction of sp³-hybridized carbons (Fsp3) is 0.500. The van der Waals surface area contributed by atoms with E-state index in [-0.39, 0.29) is 6.61 Å². The molecule has 0 aromatic heterocycles. The lowest BCUT2D eigenvalue weighted by atomic mass is 9.72. The number of hydrogen-bond acceptors (Lipinski definition) is 4. The Labute approximate surface area is 217 Å². The first-order valence-electron chi connectivity index (χ1n) is 14.0. The second kappa shape index (κ2) is 12.2. The standard InChI is InChI=1S/C32H42N2O2/c1-24-9-11-26(12-10-24)32(30(8-5-21-35)25-6-3-2-4-7-25)27-13-14-31-28(22-27)23-29(36-31)15-18-34-19-16-33-17-20-34/h2-4,6-7,9-12,23,27-28,31,33,35H,5,8,13-22H2,1H3/b32-30-/t27?,28?,31-/m0/s1. The molecule has 36 heavy (non-hydrogen) atoms. The highest BCUT2D eigenvalue weighted by Gasteiger charge is 2.37. The molecule has 0 radical (unpaired) electrons. The van der Waals surface area contributed by atoms with E-state index in [1.165, 1.54) is 33.6 Å². The number of piperazine rings is 1. The number of nitrogens with one attached hydrogen (secondary N) is 1. The first-order valence-corrected chi connectivity index (χ1v) is 14.0. The number of nitrogens with zero attached hydrogens (tertiary/aromatic N) is 1. The Morgan fingerprint density at radius 1 is 1.00 bits per heavy atom. The van der Waals surface area contributed by atoms with E-state index in [1.54, 1.807) is 0 Å². The van der Waals surface area contributed by atoms with E-state index in [4.69, 9.17) is 4.74 Å². The summed E-state index contributed by atoms with van der Waals surface area (Å²) in [6.45, 7) is 7.96. The van der Waals surface area contributed by atoms with Crippen molar-refractivity contribution in [3.05, 3.63) is 83.1 Å². The van der Waals surface area contributed by atoms with Crippen LogP contribution in [0.15, 0.2) is 66.4 Å². The van der Waals surface area contributed by atoms with Crippen molar-refractivity contribution in [1.82, 2.24) is 10.2 Å². The van der Waals surface area contributed by atoms with E-state index in [2.05, 4.69) is 77.8 Å². The zero-order valence-electron chi connectivity index (χ0n) is 21.8. The van der Waals surface area contributed by atoms with Gasteiger partial charge in [0.15, 0.2) is 0 Å². The number of allylic oxidation sites excluding steroid dienone is 2. The molecular weight excluding hydrogens is 444 g/mol. The van der Waals surface area contributed by atoms with Crippen LogP contribution < -0.4 is 5.32 Å². The predicted molar refractivity (Wildman–Crippen MR) is 148 cm³/mol. The molecular formula is C32H42N2O2. The van der Waals surface area contributed by atoms with Crippen LogP contribution in [0.4, 0.5) is 0 Å². The summed E-state index contributed by atoms with van der Waals surface area (Å²) in [7, 11) is 0. The number of fused-ring (bicyclic) bond motifs is 1. The van der Waals surface area contributed by atoms with Gasteiger partial charge in [0.1, 0.15) is 6.10 Å². The molecule has 2 heterocycles. The first kappa shape index (κ1) is 25.3. The van der Waals surface area contributed by atoms with Crippen LogP contribution in [0.3, 0.4) is 0 Å². The van der Waals surface area contributed by atoms with Gasteiger partial charge in [-0.05, 0) is 73.3 Å². The number of aliphatic hydroxyl groups excluding tert-OH is 1. The molecule has 0 amide bonds. The summed E-state index contributed by atoms with van der Waals surface area (Å²) in [5.74, 6) is 2.21. The number of aryl methyl sites for hydroxylation is 1. The van der Waals surface area contributed by atoms with E-state index in [1.807, 2.05) is 0 Å². The fourth-order valence-electron chi connectivity index (χ4n) is 6.30. The van der Waals surface area contributed by atoms with Crippen LogP contribution in [0.5, 0.6) is 0 Å². The highest BCUT2D eigenvalue weighted by molar-refractivity contribution is 5.92. The van der Waals surface area contributed by atoms with Gasteiger partial charge in [0.25, 0.3) is 0 Å². The molecule has 1 aliphatic carbocycles. The average molecular weight is 487 g/mol. The second-order valence-electron chi connectivity index (χ2n) is 10.8. The quantitative estimate of drug-likeness (QED) is 0.448. The minimum Gasteiger partial charge on any atom is -0.494 e. The smallest absolute Gasteiger partial charge is 0.105 e. The Balaban J connectivity index is 1.40. The second-order valence-corrected chi connectivity index (χ2v) is 10.8. The minimum absolute atomic E-state index is 0.222. The van der Waals surface area contributed by atoms with Crippen molar-refractivity contribution in [2.75, 3.05) is 39.3 Å². The minimum atomic E-state index is 0.222. The van der Waals surface area contributed by atoms with Crippen LogP contribution in [0.1, 0.15) is 55.2 Å². The van der Waals surface area contributed by atoms with Crippen LogP contribution in [0.2, 0.25) is 0 Å². The molecule has 1 saturated carbocycles. The zero-order chi connectivity index (χ0) is 24.7. The fourth-order valence-corrected chi connectivity index (χ4v) is 6.30. The molecule has 1 saturated heterocycles. The SMILES string of the molecule is Cc1ccc(/C(=C(\CCCO)c2ccccc2)C2CC[C@@H]3OC(CCN4CCNCC4)=CC3C2)cc1. The molecule has 2 N–H and O–H groups in total. The number of benzene rings is 2. The molecule has 0 spiro atoms. The van der Waals surface area contributed by atoms with Crippen molar-refractivity contribution in [2.24, 2.45) is 11.8 Å². The van der Waals surface area contributed by atoms with Gasteiger partial charge in [-0.2, -0.15) is 0 Å². The number of aliphatic hydroxyl groups is 1. The third-order valence-corrected chi connectivity index (χ3v) is 8.22. The van der Waals surface area contributed by atoms with E-state index in [9.17, 15) is 5.11 Å². The summed E-state index contributed by atoms with van der Waals surface area (Å²) >= 11 is 0. The Kier molecular flexibility index (Phi) is 8.58. The van der Waals surface area contributed by atoms with E-state index in [0.717, 1.165) is 71.2 Å². The maximum Gasteiger partial charge on any atom is 0.105 e. The van der Waals surface area contributed by atoms with Gasteiger partial charge in [-0.1, -0.05) is 60.2 Å². The Morgan fingerprint density at radius 3 is 2.53 bits per heavy atom. The Bertz CT molecular complexity index is 1040.